The van der Waals surface area contributed by atoms with E-state index in [-0.39, 0.29) is 30.7 Å². The number of nitrogens with zero attached hydrogens (tertiary/aromatic N) is 1. The van der Waals surface area contributed by atoms with Crippen LogP contribution in [0.4, 0.5) is 5.69 Å². The maximum Gasteiger partial charge on any atom is 0.244 e. The zero-order valence-corrected chi connectivity index (χ0v) is 15.5. The predicted molar refractivity (Wildman–Crippen MR) is 104 cm³/mol. The number of fused-ring (bicyclic) bond motifs is 1. The molecule has 0 saturated carbocycles. The van der Waals surface area contributed by atoms with E-state index >= 15 is 0 Å². The number of H-pyrrole nitrogens is 1. The van der Waals surface area contributed by atoms with Crippen LogP contribution in [0.15, 0.2) is 41.0 Å². The summed E-state index contributed by atoms with van der Waals surface area (Å²) in [6.07, 6.45) is 2.64. The van der Waals surface area contributed by atoms with E-state index in [2.05, 4.69) is 15.3 Å². The molecule has 1 amide bonds. The Kier molecular flexibility index (Phi) is 6.30. The molecule has 2 aromatic heterocycles. The molecule has 1 aliphatic heterocycles. The van der Waals surface area contributed by atoms with Crippen LogP contribution in [0, 0.1) is 0 Å². The van der Waals surface area contributed by atoms with Crippen molar-refractivity contribution < 1.29 is 13.9 Å². The summed E-state index contributed by atoms with van der Waals surface area (Å²) in [5.74, 6) is 1.13. The SMILES string of the molecule is Cl.Cl.NC1(C(=O)Nc2ccc3nc(-c4ccco4)[nH]c3c2)CCOCC1. The van der Waals surface area contributed by atoms with Gasteiger partial charge < -0.3 is 25.2 Å². The first-order valence-electron chi connectivity index (χ1n) is 7.86. The number of carbonyl (C=O) groups excluding carboxylic acids is 1. The number of carbonyl (C=O) groups is 1. The lowest BCUT2D eigenvalue weighted by molar-refractivity contribution is -0.124. The lowest BCUT2D eigenvalue weighted by Crippen LogP contribution is -2.54. The second-order valence-corrected chi connectivity index (χ2v) is 6.02. The Morgan fingerprint density at radius 1 is 1.23 bits per heavy atom. The highest BCUT2D eigenvalue weighted by molar-refractivity contribution is 5.99. The Labute approximate surface area is 162 Å². The van der Waals surface area contributed by atoms with Gasteiger partial charge in [-0.2, -0.15) is 0 Å². The van der Waals surface area contributed by atoms with Gasteiger partial charge in [0.15, 0.2) is 11.6 Å². The van der Waals surface area contributed by atoms with Crippen LogP contribution in [0.5, 0.6) is 0 Å². The second-order valence-electron chi connectivity index (χ2n) is 6.02. The third-order valence-corrected chi connectivity index (χ3v) is 4.33. The first-order chi connectivity index (χ1) is 11.6. The van der Waals surface area contributed by atoms with Gasteiger partial charge in [0, 0.05) is 18.9 Å². The average Bonchev–Trinajstić information content (AvgIpc) is 3.24. The van der Waals surface area contributed by atoms with Crippen molar-refractivity contribution in [1.82, 2.24) is 9.97 Å². The lowest BCUT2D eigenvalue weighted by Gasteiger charge is -2.31. The first-order valence-corrected chi connectivity index (χ1v) is 7.86. The van der Waals surface area contributed by atoms with Gasteiger partial charge >= 0.3 is 0 Å². The van der Waals surface area contributed by atoms with Crippen LogP contribution in [-0.2, 0) is 9.53 Å². The molecule has 3 aromatic rings. The number of nitrogens with one attached hydrogen (secondary N) is 2. The maximum absolute atomic E-state index is 12.5. The number of hydrogen-bond acceptors (Lipinski definition) is 5. The van der Waals surface area contributed by atoms with E-state index in [0.29, 0.717) is 43.3 Å². The van der Waals surface area contributed by atoms with Gasteiger partial charge in [-0.3, -0.25) is 4.79 Å². The summed E-state index contributed by atoms with van der Waals surface area (Å²) in [4.78, 5) is 20.2. The molecular weight excluding hydrogens is 379 g/mol. The summed E-state index contributed by atoms with van der Waals surface area (Å²) in [7, 11) is 0. The van der Waals surface area contributed by atoms with Crippen molar-refractivity contribution >= 4 is 47.4 Å². The summed E-state index contributed by atoms with van der Waals surface area (Å²) >= 11 is 0. The van der Waals surface area contributed by atoms with Gasteiger partial charge in [-0.1, -0.05) is 0 Å². The number of benzene rings is 1. The lowest BCUT2D eigenvalue weighted by atomic mass is 9.90. The molecule has 3 heterocycles. The molecule has 0 spiro atoms. The monoisotopic (exact) mass is 398 g/mol. The van der Waals surface area contributed by atoms with Crippen LogP contribution in [0.3, 0.4) is 0 Å². The van der Waals surface area contributed by atoms with E-state index in [1.165, 1.54) is 0 Å². The second kappa shape index (κ2) is 8.09. The Morgan fingerprint density at radius 2 is 2.00 bits per heavy atom. The van der Waals surface area contributed by atoms with Crippen molar-refractivity contribution in [2.45, 2.75) is 18.4 Å². The zero-order valence-electron chi connectivity index (χ0n) is 13.9. The van der Waals surface area contributed by atoms with Crippen molar-refractivity contribution in [3.63, 3.8) is 0 Å². The molecule has 1 fully saturated rings. The molecule has 4 N–H and O–H groups in total. The zero-order chi connectivity index (χ0) is 16.6. The summed E-state index contributed by atoms with van der Waals surface area (Å²) in [6, 6.07) is 9.15. The van der Waals surface area contributed by atoms with Crippen molar-refractivity contribution in [2.75, 3.05) is 18.5 Å². The Bertz CT molecular complexity index is 873. The number of aromatic nitrogens is 2. The Hall–Kier alpha value is -2.06. The smallest absolute Gasteiger partial charge is 0.244 e. The third kappa shape index (κ3) is 3.86. The fourth-order valence-electron chi connectivity index (χ4n) is 2.84. The summed E-state index contributed by atoms with van der Waals surface area (Å²) in [6.45, 7) is 1.02. The number of ether oxygens (including phenoxy) is 1. The minimum absolute atomic E-state index is 0. The minimum Gasteiger partial charge on any atom is -0.461 e. The van der Waals surface area contributed by atoms with E-state index in [1.54, 1.807) is 6.26 Å². The molecule has 1 aliphatic rings. The average molecular weight is 399 g/mol. The van der Waals surface area contributed by atoms with Gasteiger partial charge in [-0.15, -0.1) is 24.8 Å². The van der Waals surface area contributed by atoms with Crippen LogP contribution in [0.25, 0.3) is 22.6 Å². The number of aromatic amines is 1. The van der Waals surface area contributed by atoms with Crippen LogP contribution in [0.1, 0.15) is 12.8 Å². The molecule has 0 atom stereocenters. The molecule has 140 valence electrons. The van der Waals surface area contributed by atoms with Crippen molar-refractivity contribution in [3.05, 3.63) is 36.6 Å². The Balaban J connectivity index is 0.00000121. The summed E-state index contributed by atoms with van der Waals surface area (Å²) < 4.78 is 10.6. The van der Waals surface area contributed by atoms with E-state index < -0.39 is 5.54 Å². The van der Waals surface area contributed by atoms with Gasteiger partial charge in [0.1, 0.15) is 5.54 Å². The fraction of sp³-hybridized carbons (Fsp3) is 0.294. The van der Waals surface area contributed by atoms with Gasteiger partial charge in [0.2, 0.25) is 5.91 Å². The van der Waals surface area contributed by atoms with Crippen molar-refractivity contribution in [1.29, 1.82) is 0 Å². The van der Waals surface area contributed by atoms with Gasteiger partial charge in [0.25, 0.3) is 0 Å². The minimum atomic E-state index is -0.874. The number of halogens is 2. The van der Waals surface area contributed by atoms with E-state index in [1.807, 2.05) is 30.3 Å². The molecule has 7 nitrogen and oxygen atoms in total. The van der Waals surface area contributed by atoms with Crippen molar-refractivity contribution in [3.8, 4) is 11.6 Å². The fourth-order valence-corrected chi connectivity index (χ4v) is 2.84. The van der Waals surface area contributed by atoms with E-state index in [0.717, 1.165) is 11.0 Å². The van der Waals surface area contributed by atoms with Gasteiger partial charge in [-0.05, 0) is 43.2 Å². The highest BCUT2D eigenvalue weighted by atomic mass is 35.5. The van der Waals surface area contributed by atoms with E-state index in [4.69, 9.17) is 14.9 Å². The highest BCUT2D eigenvalue weighted by Gasteiger charge is 2.35. The molecule has 4 rings (SSSR count). The summed E-state index contributed by atoms with van der Waals surface area (Å²) in [5, 5.41) is 2.90. The molecule has 0 radical (unpaired) electrons. The first kappa shape index (κ1) is 20.3. The molecule has 26 heavy (non-hydrogen) atoms. The van der Waals surface area contributed by atoms with Gasteiger partial charge in [-0.25, -0.2) is 4.98 Å². The number of imidazole rings is 1. The molecule has 9 heteroatoms. The largest absolute Gasteiger partial charge is 0.461 e. The van der Waals surface area contributed by atoms with E-state index in [9.17, 15) is 4.79 Å². The summed E-state index contributed by atoms with van der Waals surface area (Å²) in [5.41, 5.74) is 7.63. The van der Waals surface area contributed by atoms with Crippen molar-refractivity contribution in [2.24, 2.45) is 5.73 Å². The maximum atomic E-state index is 12.5. The molecule has 0 unspecified atom stereocenters. The number of anilines is 1. The molecule has 0 aliphatic carbocycles. The number of amides is 1. The van der Waals surface area contributed by atoms with Crippen LogP contribution in [0.2, 0.25) is 0 Å². The number of rotatable bonds is 3. The number of furan rings is 1. The molecule has 1 aromatic carbocycles. The predicted octanol–water partition coefficient (Wildman–Crippen LogP) is 3.11. The molecular formula is C17H20Cl2N4O3. The van der Waals surface area contributed by atoms with Gasteiger partial charge in [0.05, 0.1) is 17.3 Å². The number of nitrogens with two attached hydrogens (primary N) is 1. The quantitative estimate of drug-likeness (QED) is 0.628. The normalized spacial score (nSPS) is 15.7. The molecule has 1 saturated heterocycles. The third-order valence-electron chi connectivity index (χ3n) is 4.33. The molecule has 0 bridgehead atoms. The Morgan fingerprint density at radius 3 is 2.69 bits per heavy atom. The standard InChI is InChI=1S/C17H18N4O3.2ClH/c18-17(5-8-23-9-6-17)16(22)19-11-3-4-12-13(10-11)21-15(20-12)14-2-1-7-24-14;;/h1-4,7,10H,5-6,8-9,18H2,(H,19,22)(H,20,21);2*1H. The van der Waals surface area contributed by atoms with Crippen LogP contribution < -0.4 is 11.1 Å². The topological polar surface area (TPSA) is 106 Å². The van der Waals surface area contributed by atoms with Crippen LogP contribution in [-0.4, -0.2) is 34.6 Å². The number of hydrogen-bond donors (Lipinski definition) is 3. The highest BCUT2D eigenvalue weighted by Crippen LogP contribution is 2.25. The van der Waals surface area contributed by atoms with Crippen LogP contribution >= 0.6 is 24.8 Å².